The number of hydrogen-bond acceptors (Lipinski definition) is 5. The summed E-state index contributed by atoms with van der Waals surface area (Å²) in [6.45, 7) is 0. The van der Waals surface area contributed by atoms with E-state index in [1.54, 1.807) is 36.1 Å². The highest BCUT2D eigenvalue weighted by Crippen LogP contribution is 2.31. The number of benzene rings is 2. The van der Waals surface area contributed by atoms with Crippen LogP contribution >= 0.6 is 0 Å². The van der Waals surface area contributed by atoms with Crippen LogP contribution < -0.4 is 5.48 Å². The van der Waals surface area contributed by atoms with Crippen molar-refractivity contribution >= 4 is 16.8 Å². The molecule has 0 atom stereocenters. The third kappa shape index (κ3) is 2.75. The Kier molecular flexibility index (Phi) is 3.72. The van der Waals surface area contributed by atoms with E-state index in [-0.39, 0.29) is 0 Å². The molecule has 0 aliphatic carbocycles. The van der Waals surface area contributed by atoms with Crippen LogP contribution in [0.5, 0.6) is 0 Å². The summed E-state index contributed by atoms with van der Waals surface area (Å²) in [6, 6.07) is 16.6. The number of aromatic nitrogens is 2. The van der Waals surface area contributed by atoms with Gasteiger partial charge < -0.3 is 4.52 Å². The summed E-state index contributed by atoms with van der Waals surface area (Å²) in [4.78, 5) is 15.6. The average molecular weight is 331 g/mol. The molecule has 0 aliphatic heterocycles. The second-order valence-corrected chi connectivity index (χ2v) is 5.50. The van der Waals surface area contributed by atoms with Crippen LogP contribution in [-0.4, -0.2) is 21.3 Å². The lowest BCUT2D eigenvalue weighted by atomic mass is 10.0. The monoisotopic (exact) mass is 331 g/mol. The van der Waals surface area contributed by atoms with E-state index in [9.17, 15) is 4.79 Å². The van der Waals surface area contributed by atoms with Gasteiger partial charge in [-0.05, 0) is 41.5 Å². The molecule has 0 saturated carbocycles. The van der Waals surface area contributed by atoms with Crippen LogP contribution in [0.1, 0.15) is 10.4 Å². The molecule has 0 aliphatic rings. The number of fused-ring (bicyclic) bond motifs is 1. The van der Waals surface area contributed by atoms with Crippen molar-refractivity contribution in [3.05, 3.63) is 72.6 Å². The number of carbonyl (C=O) groups excluding carboxylic acids is 1. The van der Waals surface area contributed by atoms with Crippen LogP contribution in [-0.2, 0) is 0 Å². The Hall–Kier alpha value is -3.51. The van der Waals surface area contributed by atoms with Gasteiger partial charge in [-0.25, -0.2) is 5.48 Å². The van der Waals surface area contributed by atoms with Gasteiger partial charge in [-0.1, -0.05) is 29.4 Å². The summed E-state index contributed by atoms with van der Waals surface area (Å²) in [5.41, 5.74) is 5.59. The molecule has 6 heteroatoms. The summed E-state index contributed by atoms with van der Waals surface area (Å²) in [6.07, 6.45) is 3.50. The molecule has 2 aromatic carbocycles. The molecule has 25 heavy (non-hydrogen) atoms. The number of pyridine rings is 1. The molecule has 0 fully saturated rings. The normalized spacial score (nSPS) is 10.8. The Balaban J connectivity index is 1.75. The van der Waals surface area contributed by atoms with Crippen LogP contribution in [0.25, 0.3) is 33.4 Å². The highest BCUT2D eigenvalue weighted by atomic mass is 16.5. The third-order valence-electron chi connectivity index (χ3n) is 4.00. The lowest BCUT2D eigenvalue weighted by Crippen LogP contribution is -2.18. The van der Waals surface area contributed by atoms with Gasteiger partial charge in [-0.15, -0.1) is 0 Å². The highest BCUT2D eigenvalue weighted by Gasteiger charge is 2.14. The lowest BCUT2D eigenvalue weighted by Gasteiger charge is -2.03. The van der Waals surface area contributed by atoms with Crippen molar-refractivity contribution in [2.45, 2.75) is 0 Å². The number of hydrogen-bond donors (Lipinski definition) is 2. The Bertz CT molecular complexity index is 1040. The van der Waals surface area contributed by atoms with Crippen LogP contribution in [0.4, 0.5) is 0 Å². The standard InChI is InChI=1S/C19H13N3O3/c23-19(21-24)15-5-6-17-16(11-15)18(25-22-17)14-3-1-12(2-4-14)13-7-9-20-10-8-13/h1-11,24H,(H,21,23). The van der Waals surface area contributed by atoms with Gasteiger partial charge in [0, 0.05) is 23.5 Å². The van der Waals surface area contributed by atoms with Crippen LogP contribution in [0.15, 0.2) is 71.5 Å². The second kappa shape index (κ2) is 6.18. The van der Waals surface area contributed by atoms with Crippen molar-refractivity contribution in [1.82, 2.24) is 15.6 Å². The van der Waals surface area contributed by atoms with Crippen LogP contribution in [0.3, 0.4) is 0 Å². The molecule has 0 spiro atoms. The van der Waals surface area contributed by atoms with Gasteiger partial charge in [0.25, 0.3) is 5.91 Å². The smallest absolute Gasteiger partial charge is 0.274 e. The largest absolute Gasteiger partial charge is 0.355 e. The quantitative estimate of drug-likeness (QED) is 0.442. The van der Waals surface area contributed by atoms with Crippen molar-refractivity contribution in [3.8, 4) is 22.5 Å². The fraction of sp³-hybridized carbons (Fsp3) is 0. The lowest BCUT2D eigenvalue weighted by molar-refractivity contribution is 0.0706. The molecule has 2 heterocycles. The fourth-order valence-electron chi connectivity index (χ4n) is 2.71. The molecule has 2 N–H and O–H groups in total. The number of carbonyl (C=O) groups is 1. The van der Waals surface area contributed by atoms with E-state index in [4.69, 9.17) is 9.73 Å². The summed E-state index contributed by atoms with van der Waals surface area (Å²) in [5.74, 6) is -0.00838. The second-order valence-electron chi connectivity index (χ2n) is 5.50. The molecule has 0 radical (unpaired) electrons. The number of nitrogens with one attached hydrogen (secondary N) is 1. The summed E-state index contributed by atoms with van der Waals surface area (Å²) < 4.78 is 5.46. The van der Waals surface area contributed by atoms with Gasteiger partial charge in [0.2, 0.25) is 0 Å². The van der Waals surface area contributed by atoms with E-state index in [1.807, 2.05) is 36.4 Å². The van der Waals surface area contributed by atoms with Gasteiger partial charge in [0.15, 0.2) is 5.76 Å². The minimum atomic E-state index is -0.581. The van der Waals surface area contributed by atoms with Gasteiger partial charge in [0.1, 0.15) is 5.52 Å². The van der Waals surface area contributed by atoms with Crippen molar-refractivity contribution in [2.75, 3.05) is 0 Å². The number of amides is 1. The topological polar surface area (TPSA) is 88.2 Å². The van der Waals surface area contributed by atoms with E-state index in [0.29, 0.717) is 22.2 Å². The first-order valence-electron chi connectivity index (χ1n) is 7.61. The van der Waals surface area contributed by atoms with E-state index in [2.05, 4.69) is 10.1 Å². The van der Waals surface area contributed by atoms with E-state index >= 15 is 0 Å². The Morgan fingerprint density at radius 2 is 1.60 bits per heavy atom. The Labute approximate surface area is 142 Å². The Morgan fingerprint density at radius 3 is 2.32 bits per heavy atom. The molecule has 2 aromatic heterocycles. The molecule has 0 saturated heterocycles. The SMILES string of the molecule is O=C(NO)c1ccc2noc(-c3ccc(-c4ccncc4)cc3)c2c1. The van der Waals surface area contributed by atoms with Crippen LogP contribution in [0, 0.1) is 0 Å². The average Bonchev–Trinajstić information content (AvgIpc) is 3.11. The first-order valence-corrected chi connectivity index (χ1v) is 7.61. The van der Waals surface area contributed by atoms with Gasteiger partial charge in [-0.2, -0.15) is 0 Å². The molecule has 0 unspecified atom stereocenters. The van der Waals surface area contributed by atoms with Crippen molar-refractivity contribution in [3.63, 3.8) is 0 Å². The van der Waals surface area contributed by atoms with Gasteiger partial charge in [0.05, 0.1) is 5.39 Å². The summed E-state index contributed by atoms with van der Waals surface area (Å²) >= 11 is 0. The molecule has 4 aromatic rings. The fourth-order valence-corrected chi connectivity index (χ4v) is 2.71. The maximum Gasteiger partial charge on any atom is 0.274 e. The molecule has 122 valence electrons. The van der Waals surface area contributed by atoms with E-state index in [0.717, 1.165) is 16.7 Å². The number of rotatable bonds is 3. The Morgan fingerprint density at radius 1 is 0.920 bits per heavy atom. The van der Waals surface area contributed by atoms with Crippen molar-refractivity contribution in [2.24, 2.45) is 0 Å². The first-order chi connectivity index (χ1) is 12.3. The number of nitrogens with zero attached hydrogens (tertiary/aromatic N) is 2. The highest BCUT2D eigenvalue weighted by molar-refractivity contribution is 6.00. The molecular weight excluding hydrogens is 318 g/mol. The first kappa shape index (κ1) is 15.0. The van der Waals surface area contributed by atoms with Crippen LogP contribution in [0.2, 0.25) is 0 Å². The van der Waals surface area contributed by atoms with Crippen molar-refractivity contribution in [1.29, 1.82) is 0 Å². The summed E-state index contributed by atoms with van der Waals surface area (Å²) in [7, 11) is 0. The molecular formula is C19H13N3O3. The zero-order valence-electron chi connectivity index (χ0n) is 13.0. The number of hydroxylamine groups is 1. The van der Waals surface area contributed by atoms with Gasteiger partial charge in [-0.3, -0.25) is 15.0 Å². The predicted molar refractivity (Wildman–Crippen MR) is 91.9 cm³/mol. The zero-order chi connectivity index (χ0) is 17.2. The predicted octanol–water partition coefficient (Wildman–Crippen LogP) is 3.68. The zero-order valence-corrected chi connectivity index (χ0v) is 13.0. The van der Waals surface area contributed by atoms with Crippen molar-refractivity contribution < 1.29 is 14.5 Å². The van der Waals surface area contributed by atoms with E-state index < -0.39 is 5.91 Å². The third-order valence-corrected chi connectivity index (χ3v) is 4.00. The van der Waals surface area contributed by atoms with Gasteiger partial charge >= 0.3 is 0 Å². The van der Waals surface area contributed by atoms with E-state index in [1.165, 1.54) is 0 Å². The summed E-state index contributed by atoms with van der Waals surface area (Å²) in [5, 5.41) is 13.5. The molecule has 1 amide bonds. The minimum Gasteiger partial charge on any atom is -0.355 e. The minimum absolute atomic E-state index is 0.327. The maximum atomic E-state index is 11.6. The molecule has 0 bridgehead atoms. The molecule has 6 nitrogen and oxygen atoms in total. The molecule has 4 rings (SSSR count). The maximum absolute atomic E-state index is 11.6.